The SMILES string of the molecule is CN(CCCCc1nc(Cc2ccc(OCCCC(=O)CCC(=O)O)cc2)ncc1Br)C(=O)C1CCC1. The number of benzene rings is 1. The Balaban J connectivity index is 1.39. The van der Waals surface area contributed by atoms with Crippen molar-refractivity contribution in [2.75, 3.05) is 20.2 Å². The number of aliphatic carboxylic acids is 1. The minimum absolute atomic E-state index is 0.0541. The van der Waals surface area contributed by atoms with Crippen molar-refractivity contribution in [3.8, 4) is 5.75 Å². The highest BCUT2D eigenvalue weighted by Gasteiger charge is 2.27. The van der Waals surface area contributed by atoms with Gasteiger partial charge in [-0.1, -0.05) is 18.6 Å². The molecule has 1 N–H and O–H groups in total. The van der Waals surface area contributed by atoms with Gasteiger partial charge in [-0.25, -0.2) is 9.97 Å². The first-order valence-electron chi connectivity index (χ1n) is 13.0. The molecule has 1 aliphatic carbocycles. The largest absolute Gasteiger partial charge is 0.494 e. The van der Waals surface area contributed by atoms with Crippen LogP contribution in [0.2, 0.25) is 0 Å². The lowest BCUT2D eigenvalue weighted by atomic mass is 9.84. The fourth-order valence-corrected chi connectivity index (χ4v) is 4.53. The van der Waals surface area contributed by atoms with Gasteiger partial charge in [0.05, 0.1) is 23.2 Å². The molecular formula is C28H36BrN3O5. The van der Waals surface area contributed by atoms with Gasteiger partial charge >= 0.3 is 5.97 Å². The molecule has 1 fully saturated rings. The lowest BCUT2D eigenvalue weighted by Gasteiger charge is -2.29. The van der Waals surface area contributed by atoms with Crippen molar-refractivity contribution >= 4 is 33.6 Å². The second kappa shape index (κ2) is 14.8. The third-order valence-corrected chi connectivity index (χ3v) is 7.29. The molecule has 0 radical (unpaired) electrons. The van der Waals surface area contributed by atoms with Crippen molar-refractivity contribution in [1.82, 2.24) is 14.9 Å². The van der Waals surface area contributed by atoms with Crippen molar-refractivity contribution in [2.45, 2.75) is 70.6 Å². The van der Waals surface area contributed by atoms with Crippen molar-refractivity contribution in [2.24, 2.45) is 5.92 Å². The molecule has 0 unspecified atom stereocenters. The molecule has 1 aromatic carbocycles. The maximum Gasteiger partial charge on any atom is 0.303 e. The summed E-state index contributed by atoms with van der Waals surface area (Å²) < 4.78 is 6.60. The molecule has 1 aliphatic rings. The Morgan fingerprint density at radius 2 is 1.84 bits per heavy atom. The Labute approximate surface area is 227 Å². The first-order chi connectivity index (χ1) is 17.8. The number of carbonyl (C=O) groups excluding carboxylic acids is 2. The van der Waals surface area contributed by atoms with E-state index in [1.807, 2.05) is 36.2 Å². The molecule has 1 amide bonds. The Bertz CT molecular complexity index is 1060. The van der Waals surface area contributed by atoms with E-state index in [2.05, 4.69) is 20.9 Å². The molecule has 3 rings (SSSR count). The minimum atomic E-state index is -0.953. The van der Waals surface area contributed by atoms with Gasteiger partial charge in [-0.15, -0.1) is 0 Å². The number of aromatic nitrogens is 2. The fourth-order valence-electron chi connectivity index (χ4n) is 4.14. The number of rotatable bonds is 16. The van der Waals surface area contributed by atoms with E-state index in [1.54, 1.807) is 6.20 Å². The number of aryl methyl sites for hydroxylation is 1. The molecule has 0 saturated heterocycles. The lowest BCUT2D eigenvalue weighted by molar-refractivity contribution is -0.138. The molecular weight excluding hydrogens is 538 g/mol. The highest BCUT2D eigenvalue weighted by Crippen LogP contribution is 2.28. The van der Waals surface area contributed by atoms with E-state index in [1.165, 1.54) is 6.42 Å². The van der Waals surface area contributed by atoms with Crippen molar-refractivity contribution in [3.05, 3.63) is 52.0 Å². The molecule has 1 aromatic heterocycles. The van der Waals surface area contributed by atoms with Gasteiger partial charge in [0.15, 0.2) is 0 Å². The molecule has 0 bridgehead atoms. The smallest absolute Gasteiger partial charge is 0.303 e. The van der Waals surface area contributed by atoms with Crippen molar-refractivity contribution in [1.29, 1.82) is 0 Å². The predicted octanol–water partition coefficient (Wildman–Crippen LogP) is 5.00. The zero-order chi connectivity index (χ0) is 26.6. The molecule has 0 atom stereocenters. The highest BCUT2D eigenvalue weighted by molar-refractivity contribution is 9.10. The Hall–Kier alpha value is -2.81. The molecule has 8 nitrogen and oxygen atoms in total. The summed E-state index contributed by atoms with van der Waals surface area (Å²) in [5.74, 6) is 1.00. The fraction of sp³-hybridized carbons (Fsp3) is 0.536. The maximum absolute atomic E-state index is 12.3. The number of unbranched alkanes of at least 4 members (excludes halogenated alkanes) is 1. The summed E-state index contributed by atoms with van der Waals surface area (Å²) in [4.78, 5) is 45.5. The normalized spacial score (nSPS) is 13.1. The summed E-state index contributed by atoms with van der Waals surface area (Å²) in [6.45, 7) is 1.18. The molecule has 2 aromatic rings. The standard InChI is InChI=1S/C28H36BrN3O5/c1-32(28(36)21-6-4-7-21)16-3-2-9-25-24(29)19-30-26(31-25)18-20-10-13-23(14-11-20)37-17-5-8-22(33)12-15-27(34)35/h10-11,13-14,19,21H,2-9,12,15-18H2,1H3,(H,34,35). The molecule has 37 heavy (non-hydrogen) atoms. The summed E-state index contributed by atoms with van der Waals surface area (Å²) in [5.41, 5.74) is 2.05. The number of ketones is 1. The van der Waals surface area contributed by atoms with Gasteiger partial charge in [0, 0.05) is 45.0 Å². The van der Waals surface area contributed by atoms with Gasteiger partial charge in [0.2, 0.25) is 5.91 Å². The highest BCUT2D eigenvalue weighted by atomic mass is 79.9. The Kier molecular flexibility index (Phi) is 11.5. The first-order valence-corrected chi connectivity index (χ1v) is 13.8. The van der Waals surface area contributed by atoms with Crippen LogP contribution in [0.15, 0.2) is 34.9 Å². The van der Waals surface area contributed by atoms with Gasteiger partial charge in [0.1, 0.15) is 17.4 Å². The number of carboxylic acid groups (broad SMARTS) is 1. The van der Waals surface area contributed by atoms with Crippen LogP contribution in [0.3, 0.4) is 0 Å². The van der Waals surface area contributed by atoms with Crippen LogP contribution in [0.1, 0.15) is 74.9 Å². The van der Waals surface area contributed by atoms with Crippen molar-refractivity contribution < 1.29 is 24.2 Å². The van der Waals surface area contributed by atoms with Crippen LogP contribution in [-0.4, -0.2) is 57.8 Å². The van der Waals surface area contributed by atoms with Crippen LogP contribution in [0.25, 0.3) is 0 Å². The van der Waals surface area contributed by atoms with Crippen LogP contribution >= 0.6 is 15.9 Å². The second-order valence-electron chi connectivity index (χ2n) is 9.63. The monoisotopic (exact) mass is 573 g/mol. The summed E-state index contributed by atoms with van der Waals surface area (Å²) in [7, 11) is 1.90. The molecule has 9 heteroatoms. The van der Waals surface area contributed by atoms with Crippen LogP contribution in [0.5, 0.6) is 5.75 Å². The second-order valence-corrected chi connectivity index (χ2v) is 10.5. The zero-order valence-electron chi connectivity index (χ0n) is 21.5. The van der Waals surface area contributed by atoms with Gasteiger partial charge in [-0.3, -0.25) is 14.4 Å². The van der Waals surface area contributed by atoms with Crippen LogP contribution < -0.4 is 4.74 Å². The average molecular weight is 575 g/mol. The zero-order valence-corrected chi connectivity index (χ0v) is 23.0. The quantitative estimate of drug-likeness (QED) is 0.281. The topological polar surface area (TPSA) is 110 Å². The average Bonchev–Trinajstić information content (AvgIpc) is 2.84. The van der Waals surface area contributed by atoms with Crippen LogP contribution in [0.4, 0.5) is 0 Å². The van der Waals surface area contributed by atoms with Crippen LogP contribution in [0, 0.1) is 5.92 Å². The summed E-state index contributed by atoms with van der Waals surface area (Å²) >= 11 is 3.57. The van der Waals surface area contributed by atoms with E-state index in [0.717, 1.165) is 66.0 Å². The molecule has 1 heterocycles. The minimum Gasteiger partial charge on any atom is -0.494 e. The molecule has 200 valence electrons. The van der Waals surface area contributed by atoms with E-state index >= 15 is 0 Å². The van der Waals surface area contributed by atoms with E-state index in [-0.39, 0.29) is 30.4 Å². The number of carbonyl (C=O) groups is 3. The van der Waals surface area contributed by atoms with E-state index in [0.29, 0.717) is 25.9 Å². The number of ether oxygens (including phenoxy) is 1. The number of nitrogens with zero attached hydrogens (tertiary/aromatic N) is 3. The number of carboxylic acids is 1. The van der Waals surface area contributed by atoms with E-state index < -0.39 is 5.97 Å². The number of hydrogen-bond acceptors (Lipinski definition) is 6. The summed E-state index contributed by atoms with van der Waals surface area (Å²) in [6, 6.07) is 7.74. The number of Topliss-reactive ketones (excluding diaryl/α,β-unsaturated/α-hetero) is 1. The molecule has 0 spiro atoms. The van der Waals surface area contributed by atoms with Crippen LogP contribution in [-0.2, 0) is 27.2 Å². The summed E-state index contributed by atoms with van der Waals surface area (Å²) in [5, 5.41) is 8.62. The number of halogens is 1. The molecule has 1 saturated carbocycles. The van der Waals surface area contributed by atoms with E-state index in [4.69, 9.17) is 14.8 Å². The Morgan fingerprint density at radius 3 is 2.51 bits per heavy atom. The third kappa shape index (κ3) is 9.87. The van der Waals surface area contributed by atoms with Gasteiger partial charge in [-0.05, 0) is 72.2 Å². The van der Waals surface area contributed by atoms with Gasteiger partial charge in [0.25, 0.3) is 0 Å². The number of amides is 1. The van der Waals surface area contributed by atoms with Gasteiger partial charge in [-0.2, -0.15) is 0 Å². The van der Waals surface area contributed by atoms with E-state index in [9.17, 15) is 14.4 Å². The number of hydrogen-bond donors (Lipinski definition) is 1. The predicted molar refractivity (Wildman–Crippen MR) is 144 cm³/mol. The molecule has 0 aliphatic heterocycles. The van der Waals surface area contributed by atoms with Crippen molar-refractivity contribution in [3.63, 3.8) is 0 Å². The maximum atomic E-state index is 12.3. The Morgan fingerprint density at radius 1 is 1.08 bits per heavy atom. The van der Waals surface area contributed by atoms with Gasteiger partial charge < -0.3 is 14.7 Å². The first kappa shape index (κ1) is 28.8. The summed E-state index contributed by atoms with van der Waals surface area (Å²) in [6.07, 6.45) is 9.22. The lowest BCUT2D eigenvalue weighted by Crippen LogP contribution is -2.36. The third-order valence-electron chi connectivity index (χ3n) is 6.63.